The zero-order valence-corrected chi connectivity index (χ0v) is 15.8. The Morgan fingerprint density at radius 1 is 1.30 bits per heavy atom. The van der Waals surface area contributed by atoms with E-state index < -0.39 is 16.8 Å². The molecule has 1 heterocycles. The zero-order chi connectivity index (χ0) is 19.6. The summed E-state index contributed by atoms with van der Waals surface area (Å²) in [5, 5.41) is 11.2. The van der Waals surface area contributed by atoms with Crippen molar-refractivity contribution in [3.8, 4) is 11.5 Å². The van der Waals surface area contributed by atoms with Crippen molar-refractivity contribution < 1.29 is 24.0 Å². The van der Waals surface area contributed by atoms with Crippen LogP contribution in [0.5, 0.6) is 11.5 Å². The highest BCUT2D eigenvalue weighted by molar-refractivity contribution is 9.10. The number of methoxy groups -OCH3 is 1. The van der Waals surface area contributed by atoms with Gasteiger partial charge in [0.1, 0.15) is 5.75 Å². The lowest BCUT2D eigenvalue weighted by Crippen LogP contribution is -2.27. The minimum Gasteiger partial charge on any atom is -0.496 e. The van der Waals surface area contributed by atoms with Gasteiger partial charge in [-0.3, -0.25) is 19.7 Å². The number of nitro groups is 1. The van der Waals surface area contributed by atoms with E-state index in [0.717, 1.165) is 4.47 Å². The average Bonchev–Trinajstić information content (AvgIpc) is 3.03. The Morgan fingerprint density at radius 2 is 2.07 bits per heavy atom. The van der Waals surface area contributed by atoms with E-state index in [9.17, 15) is 19.7 Å². The molecule has 0 bridgehead atoms. The van der Waals surface area contributed by atoms with Crippen LogP contribution in [0.4, 0.5) is 11.4 Å². The number of nitrogens with zero attached hydrogens (tertiary/aromatic N) is 2. The molecule has 27 heavy (non-hydrogen) atoms. The van der Waals surface area contributed by atoms with Crippen molar-refractivity contribution in [2.75, 3.05) is 18.6 Å². The highest BCUT2D eigenvalue weighted by Gasteiger charge is 2.37. The summed E-state index contributed by atoms with van der Waals surface area (Å²) in [4.78, 5) is 36.8. The molecule has 0 N–H and O–H groups in total. The maximum absolute atomic E-state index is 12.5. The van der Waals surface area contributed by atoms with Crippen LogP contribution in [0.15, 0.2) is 46.9 Å². The van der Waals surface area contributed by atoms with E-state index in [1.807, 2.05) is 6.07 Å². The summed E-state index contributed by atoms with van der Waals surface area (Å²) in [5.41, 5.74) is 0.288. The maximum atomic E-state index is 12.5. The van der Waals surface area contributed by atoms with Gasteiger partial charge >= 0.3 is 11.7 Å². The number of rotatable bonds is 5. The number of esters is 1. The Labute approximate surface area is 163 Å². The molecular weight excluding hydrogens is 420 g/mol. The van der Waals surface area contributed by atoms with E-state index in [2.05, 4.69) is 15.9 Å². The maximum Gasteiger partial charge on any atom is 0.316 e. The van der Waals surface area contributed by atoms with E-state index in [-0.39, 0.29) is 36.1 Å². The largest absolute Gasteiger partial charge is 0.496 e. The van der Waals surface area contributed by atoms with Gasteiger partial charge in [0.15, 0.2) is 0 Å². The normalized spacial score (nSPS) is 16.3. The number of carbonyl (C=O) groups excluding carboxylic acids is 2. The van der Waals surface area contributed by atoms with Crippen molar-refractivity contribution in [2.24, 2.45) is 5.92 Å². The number of hydrogen-bond acceptors (Lipinski definition) is 6. The van der Waals surface area contributed by atoms with Gasteiger partial charge in [0.05, 0.1) is 24.0 Å². The molecule has 0 spiro atoms. The van der Waals surface area contributed by atoms with Gasteiger partial charge in [0.25, 0.3) is 0 Å². The monoisotopic (exact) mass is 434 g/mol. The summed E-state index contributed by atoms with van der Waals surface area (Å²) in [6, 6.07) is 11.1. The van der Waals surface area contributed by atoms with E-state index in [0.29, 0.717) is 5.69 Å². The molecule has 2 aromatic rings. The third-order valence-electron chi connectivity index (χ3n) is 4.15. The van der Waals surface area contributed by atoms with Crippen LogP contribution in [0.2, 0.25) is 0 Å². The van der Waals surface area contributed by atoms with Crippen molar-refractivity contribution >= 4 is 39.2 Å². The van der Waals surface area contributed by atoms with Gasteiger partial charge in [-0.2, -0.15) is 0 Å². The summed E-state index contributed by atoms with van der Waals surface area (Å²) in [7, 11) is 1.38. The molecule has 9 heteroatoms. The molecule has 1 saturated heterocycles. The van der Waals surface area contributed by atoms with Crippen LogP contribution in [0.25, 0.3) is 0 Å². The first-order chi connectivity index (χ1) is 12.9. The second-order valence-electron chi connectivity index (χ2n) is 5.90. The van der Waals surface area contributed by atoms with E-state index >= 15 is 0 Å². The van der Waals surface area contributed by atoms with Gasteiger partial charge in [-0.05, 0) is 30.3 Å². The third-order valence-corrected chi connectivity index (χ3v) is 4.64. The van der Waals surface area contributed by atoms with Crippen LogP contribution < -0.4 is 14.4 Å². The molecule has 1 atom stereocenters. The van der Waals surface area contributed by atoms with Gasteiger partial charge in [0, 0.05) is 23.1 Å². The molecule has 1 amide bonds. The fraction of sp³-hybridized carbons (Fsp3) is 0.222. The Balaban J connectivity index is 1.76. The second kappa shape index (κ2) is 7.75. The number of amides is 1. The van der Waals surface area contributed by atoms with Crippen LogP contribution in [0, 0.1) is 16.0 Å². The highest BCUT2D eigenvalue weighted by Crippen LogP contribution is 2.33. The number of ether oxygens (including phenoxy) is 2. The van der Waals surface area contributed by atoms with Crippen molar-refractivity contribution in [3.63, 3.8) is 0 Å². The predicted octanol–water partition coefficient (Wildman–Crippen LogP) is 3.32. The molecule has 1 unspecified atom stereocenters. The lowest BCUT2D eigenvalue weighted by Gasteiger charge is -2.16. The SMILES string of the molecule is COc1ccc(OC(=O)C2CC(=O)N(c3cccc(Br)c3)C2)c([N+](=O)[O-])c1. The lowest BCUT2D eigenvalue weighted by molar-refractivity contribution is -0.385. The molecule has 0 aromatic heterocycles. The molecule has 2 aromatic carbocycles. The predicted molar refractivity (Wildman–Crippen MR) is 99.9 cm³/mol. The standard InChI is InChI=1S/C18H15BrN2O6/c1-26-14-5-6-16(15(9-14)21(24)25)27-18(23)11-7-17(22)20(10-11)13-4-2-3-12(19)8-13/h2-6,8-9,11H,7,10H2,1H3. The first-order valence-corrected chi connectivity index (χ1v) is 8.78. The number of benzene rings is 2. The molecule has 140 valence electrons. The van der Waals surface area contributed by atoms with Crippen molar-refractivity contribution in [1.29, 1.82) is 0 Å². The smallest absolute Gasteiger partial charge is 0.316 e. The molecule has 1 aliphatic heterocycles. The van der Waals surface area contributed by atoms with E-state index in [1.54, 1.807) is 18.2 Å². The van der Waals surface area contributed by atoms with Gasteiger partial charge < -0.3 is 14.4 Å². The third kappa shape index (κ3) is 4.08. The quantitative estimate of drug-likeness (QED) is 0.309. The Hall–Kier alpha value is -2.94. The van der Waals surface area contributed by atoms with E-state index in [1.165, 1.54) is 30.2 Å². The van der Waals surface area contributed by atoms with Crippen LogP contribution >= 0.6 is 15.9 Å². The summed E-state index contributed by atoms with van der Waals surface area (Å²) in [6.45, 7) is 0.151. The van der Waals surface area contributed by atoms with Crippen LogP contribution in [-0.4, -0.2) is 30.5 Å². The van der Waals surface area contributed by atoms with Crippen LogP contribution in [0.3, 0.4) is 0 Å². The summed E-state index contributed by atoms with van der Waals surface area (Å²) in [6.07, 6.45) is -0.0186. The Morgan fingerprint density at radius 3 is 2.74 bits per heavy atom. The van der Waals surface area contributed by atoms with Crippen LogP contribution in [-0.2, 0) is 9.59 Å². The van der Waals surface area contributed by atoms with Crippen molar-refractivity contribution in [3.05, 3.63) is 57.1 Å². The lowest BCUT2D eigenvalue weighted by atomic mass is 10.1. The van der Waals surface area contributed by atoms with Gasteiger partial charge in [-0.15, -0.1) is 0 Å². The minimum atomic E-state index is -0.710. The first-order valence-electron chi connectivity index (χ1n) is 7.99. The molecule has 1 aliphatic rings. The Bertz CT molecular complexity index is 916. The molecule has 0 aliphatic carbocycles. The van der Waals surface area contributed by atoms with Gasteiger partial charge in [0.2, 0.25) is 11.7 Å². The molecule has 8 nitrogen and oxygen atoms in total. The topological polar surface area (TPSA) is 99.0 Å². The minimum absolute atomic E-state index is 0.0186. The second-order valence-corrected chi connectivity index (χ2v) is 6.81. The highest BCUT2D eigenvalue weighted by atomic mass is 79.9. The van der Waals surface area contributed by atoms with Gasteiger partial charge in [-0.1, -0.05) is 22.0 Å². The number of hydrogen-bond donors (Lipinski definition) is 0. The number of anilines is 1. The molecular formula is C18H15BrN2O6. The molecule has 3 rings (SSSR count). The molecule has 0 saturated carbocycles. The molecule has 1 fully saturated rings. The summed E-state index contributed by atoms with van der Waals surface area (Å²) in [5.74, 6) is -1.51. The fourth-order valence-corrected chi connectivity index (χ4v) is 3.19. The van der Waals surface area contributed by atoms with Crippen molar-refractivity contribution in [1.82, 2.24) is 0 Å². The van der Waals surface area contributed by atoms with Crippen LogP contribution in [0.1, 0.15) is 6.42 Å². The van der Waals surface area contributed by atoms with E-state index in [4.69, 9.17) is 9.47 Å². The summed E-state index contributed by atoms with van der Waals surface area (Å²) >= 11 is 3.35. The zero-order valence-electron chi connectivity index (χ0n) is 14.3. The Kier molecular flexibility index (Phi) is 5.41. The first kappa shape index (κ1) is 18.8. The number of nitro benzene ring substituents is 1. The number of carbonyl (C=O) groups is 2. The molecule has 0 radical (unpaired) electrons. The summed E-state index contributed by atoms with van der Waals surface area (Å²) < 4.78 is 11.0. The van der Waals surface area contributed by atoms with Gasteiger partial charge in [-0.25, -0.2) is 0 Å². The van der Waals surface area contributed by atoms with Crippen molar-refractivity contribution in [2.45, 2.75) is 6.42 Å². The fourth-order valence-electron chi connectivity index (χ4n) is 2.80. The average molecular weight is 435 g/mol. The number of halogens is 1.